The summed E-state index contributed by atoms with van der Waals surface area (Å²) in [5.74, 6) is -4.68. The molecule has 9 heteroatoms. The highest BCUT2D eigenvalue weighted by atomic mass is 35.5. The molecule has 1 unspecified atom stereocenters. The Labute approximate surface area is 198 Å². The van der Waals surface area contributed by atoms with Gasteiger partial charge in [-0.3, -0.25) is 14.5 Å². The van der Waals surface area contributed by atoms with Crippen molar-refractivity contribution < 1.29 is 33.3 Å². The minimum atomic E-state index is -1.21. The van der Waals surface area contributed by atoms with Crippen LogP contribution in [0.15, 0.2) is 66.2 Å². The molecular weight excluding hydrogens is 468 g/mol. The molecule has 6 nitrogen and oxygen atoms in total. The van der Waals surface area contributed by atoms with Crippen LogP contribution >= 0.6 is 11.6 Å². The lowest BCUT2D eigenvalue weighted by Crippen LogP contribution is -2.29. The zero-order valence-corrected chi connectivity index (χ0v) is 18.5. The molecule has 1 heterocycles. The molecule has 174 valence electrons. The third kappa shape index (κ3) is 4.08. The standard InChI is InChI=1S/C25H18ClF2NO5/c1-2-34-20-11-14(5-9-17(20)26)23(31)21-22(13-3-7-16(30)8-4-13)29(25(33)24(21)32)15-6-10-18(27)19(28)12-15/h3-12,22,30-31H,2H2,1H3/b23-21+. The lowest BCUT2D eigenvalue weighted by Gasteiger charge is -2.25. The van der Waals surface area contributed by atoms with Crippen LogP contribution in [0.25, 0.3) is 5.76 Å². The van der Waals surface area contributed by atoms with Crippen LogP contribution in [-0.4, -0.2) is 28.5 Å². The van der Waals surface area contributed by atoms with Crippen molar-refractivity contribution in [1.29, 1.82) is 0 Å². The van der Waals surface area contributed by atoms with Gasteiger partial charge < -0.3 is 14.9 Å². The van der Waals surface area contributed by atoms with Crippen molar-refractivity contribution in [2.75, 3.05) is 11.5 Å². The van der Waals surface area contributed by atoms with Crippen LogP contribution in [0.3, 0.4) is 0 Å². The van der Waals surface area contributed by atoms with Crippen LogP contribution in [0.5, 0.6) is 11.5 Å². The molecule has 0 bridgehead atoms. The number of ether oxygens (including phenoxy) is 1. The summed E-state index contributed by atoms with van der Waals surface area (Å²) in [5, 5.41) is 21.1. The zero-order chi connectivity index (χ0) is 24.6. The maximum atomic E-state index is 14.0. The Balaban J connectivity index is 1.94. The average molecular weight is 486 g/mol. The summed E-state index contributed by atoms with van der Waals surface area (Å²) in [4.78, 5) is 27.1. The number of phenolic OH excluding ortho intramolecular Hbond substituents is 1. The Hall–Kier alpha value is -3.91. The number of ketones is 1. The summed E-state index contributed by atoms with van der Waals surface area (Å²) in [6.45, 7) is 2.05. The number of halogens is 3. The van der Waals surface area contributed by atoms with Crippen molar-refractivity contribution in [3.63, 3.8) is 0 Å². The largest absolute Gasteiger partial charge is 0.508 e. The number of hydrogen-bond acceptors (Lipinski definition) is 5. The third-order valence-corrected chi connectivity index (χ3v) is 5.65. The van der Waals surface area contributed by atoms with Gasteiger partial charge in [-0.05, 0) is 55.0 Å². The maximum Gasteiger partial charge on any atom is 0.300 e. The molecule has 1 aliphatic rings. The second-order valence-corrected chi connectivity index (χ2v) is 7.84. The fourth-order valence-corrected chi connectivity index (χ4v) is 3.95. The fraction of sp³-hybridized carbons (Fsp3) is 0.120. The second kappa shape index (κ2) is 9.15. The Morgan fingerprint density at radius 3 is 2.38 bits per heavy atom. The molecule has 1 amide bonds. The molecule has 0 aliphatic carbocycles. The van der Waals surface area contributed by atoms with Gasteiger partial charge >= 0.3 is 0 Å². The van der Waals surface area contributed by atoms with E-state index in [0.29, 0.717) is 12.2 Å². The van der Waals surface area contributed by atoms with E-state index in [4.69, 9.17) is 16.3 Å². The van der Waals surface area contributed by atoms with Gasteiger partial charge in [-0.1, -0.05) is 23.7 Å². The summed E-state index contributed by atoms with van der Waals surface area (Å²) in [5.41, 5.74) is 0.164. The first-order valence-electron chi connectivity index (χ1n) is 10.2. The molecule has 3 aromatic carbocycles. The zero-order valence-electron chi connectivity index (χ0n) is 17.8. The van der Waals surface area contributed by atoms with Gasteiger partial charge in [0, 0.05) is 17.3 Å². The Morgan fingerprint density at radius 2 is 1.74 bits per heavy atom. The predicted molar refractivity (Wildman–Crippen MR) is 122 cm³/mol. The van der Waals surface area contributed by atoms with Gasteiger partial charge in [0.25, 0.3) is 11.7 Å². The molecular formula is C25H18ClF2NO5. The number of carbonyl (C=O) groups is 2. The summed E-state index contributed by atoms with van der Waals surface area (Å²) in [6.07, 6.45) is 0. The summed E-state index contributed by atoms with van der Waals surface area (Å²) >= 11 is 6.12. The predicted octanol–water partition coefficient (Wildman–Crippen LogP) is 5.35. The summed E-state index contributed by atoms with van der Waals surface area (Å²) in [6, 6.07) is 11.6. The molecule has 34 heavy (non-hydrogen) atoms. The van der Waals surface area contributed by atoms with E-state index in [0.717, 1.165) is 23.1 Å². The third-order valence-electron chi connectivity index (χ3n) is 5.34. The molecule has 4 rings (SSSR count). The number of carbonyl (C=O) groups excluding carboxylic acids is 2. The van der Waals surface area contributed by atoms with Crippen LogP contribution in [0.2, 0.25) is 5.02 Å². The van der Waals surface area contributed by atoms with Crippen molar-refractivity contribution in [2.45, 2.75) is 13.0 Å². The first-order valence-corrected chi connectivity index (χ1v) is 10.6. The lowest BCUT2D eigenvalue weighted by atomic mass is 9.95. The first kappa shape index (κ1) is 23.3. The normalized spacial score (nSPS) is 17.3. The van der Waals surface area contributed by atoms with Crippen LogP contribution < -0.4 is 9.64 Å². The van der Waals surface area contributed by atoms with Crippen molar-refractivity contribution >= 4 is 34.7 Å². The molecule has 0 spiro atoms. The van der Waals surface area contributed by atoms with Gasteiger partial charge in [0.1, 0.15) is 17.3 Å². The number of anilines is 1. The van der Waals surface area contributed by atoms with Crippen LogP contribution in [0, 0.1) is 11.6 Å². The minimum absolute atomic E-state index is 0.0624. The van der Waals surface area contributed by atoms with E-state index in [9.17, 15) is 28.6 Å². The van der Waals surface area contributed by atoms with Gasteiger partial charge in [0.15, 0.2) is 11.6 Å². The van der Waals surface area contributed by atoms with Crippen molar-refractivity contribution in [3.05, 3.63) is 94.0 Å². The van der Waals surface area contributed by atoms with E-state index in [1.807, 2.05) is 0 Å². The number of Topliss-reactive ketones (excluding diaryl/α,β-unsaturated/α-hetero) is 1. The maximum absolute atomic E-state index is 14.0. The molecule has 0 saturated carbocycles. The topological polar surface area (TPSA) is 87.1 Å². The second-order valence-electron chi connectivity index (χ2n) is 7.44. The number of amides is 1. The fourth-order valence-electron chi connectivity index (χ4n) is 3.78. The highest BCUT2D eigenvalue weighted by Gasteiger charge is 2.47. The molecule has 3 aromatic rings. The number of rotatable bonds is 5. The van der Waals surface area contributed by atoms with E-state index in [1.54, 1.807) is 6.92 Å². The summed E-state index contributed by atoms with van der Waals surface area (Å²) in [7, 11) is 0. The number of phenols is 1. The number of hydrogen-bond donors (Lipinski definition) is 2. The molecule has 2 N–H and O–H groups in total. The smallest absolute Gasteiger partial charge is 0.300 e. The highest BCUT2D eigenvalue weighted by molar-refractivity contribution is 6.51. The monoisotopic (exact) mass is 485 g/mol. The van der Waals surface area contributed by atoms with Crippen LogP contribution in [-0.2, 0) is 9.59 Å². The number of benzene rings is 3. The van der Waals surface area contributed by atoms with Crippen LogP contribution in [0.4, 0.5) is 14.5 Å². The highest BCUT2D eigenvalue weighted by Crippen LogP contribution is 2.43. The molecule has 1 saturated heterocycles. The van der Waals surface area contributed by atoms with Crippen molar-refractivity contribution in [3.8, 4) is 11.5 Å². The molecule has 1 aliphatic heterocycles. The number of aliphatic hydroxyl groups excluding tert-OH is 1. The molecule has 0 radical (unpaired) electrons. The van der Waals surface area contributed by atoms with Gasteiger partial charge in [0.05, 0.1) is 23.2 Å². The van der Waals surface area contributed by atoms with Gasteiger partial charge in [0.2, 0.25) is 0 Å². The van der Waals surface area contributed by atoms with Crippen molar-refractivity contribution in [1.82, 2.24) is 0 Å². The lowest BCUT2D eigenvalue weighted by molar-refractivity contribution is -0.132. The Kier molecular flexibility index (Phi) is 6.26. The van der Waals surface area contributed by atoms with E-state index < -0.39 is 35.1 Å². The number of aromatic hydroxyl groups is 1. The molecule has 1 atom stereocenters. The van der Waals surface area contributed by atoms with Gasteiger partial charge in [-0.2, -0.15) is 0 Å². The summed E-state index contributed by atoms with van der Waals surface area (Å²) < 4.78 is 33.0. The van der Waals surface area contributed by atoms with E-state index in [1.165, 1.54) is 42.5 Å². The van der Waals surface area contributed by atoms with Crippen LogP contribution in [0.1, 0.15) is 24.1 Å². The van der Waals surface area contributed by atoms with Crippen molar-refractivity contribution in [2.24, 2.45) is 0 Å². The van der Waals surface area contributed by atoms with Gasteiger partial charge in [-0.15, -0.1) is 0 Å². The molecule has 1 fully saturated rings. The van der Waals surface area contributed by atoms with E-state index >= 15 is 0 Å². The number of nitrogens with zero attached hydrogens (tertiary/aromatic N) is 1. The number of aliphatic hydroxyl groups is 1. The first-order chi connectivity index (χ1) is 16.2. The average Bonchev–Trinajstić information content (AvgIpc) is 3.08. The SMILES string of the molecule is CCOc1cc(/C(O)=C2\C(=O)C(=O)N(c3ccc(F)c(F)c3)C2c2ccc(O)cc2)ccc1Cl. The Bertz CT molecular complexity index is 1320. The minimum Gasteiger partial charge on any atom is -0.508 e. The van der Waals surface area contributed by atoms with E-state index in [-0.39, 0.29) is 33.3 Å². The van der Waals surface area contributed by atoms with E-state index in [2.05, 4.69) is 0 Å². The molecule has 0 aromatic heterocycles. The van der Waals surface area contributed by atoms with Gasteiger partial charge in [-0.25, -0.2) is 8.78 Å². The Morgan fingerprint density at radius 1 is 1.03 bits per heavy atom. The quantitative estimate of drug-likeness (QED) is 0.289.